The molecule has 3 nitrogen and oxygen atoms in total. The second-order valence-corrected chi connectivity index (χ2v) is 6.74. The Morgan fingerprint density at radius 1 is 1.26 bits per heavy atom. The highest BCUT2D eigenvalue weighted by atomic mass is 32.2. The minimum Gasteiger partial charge on any atom is -0.358 e. The molecule has 0 bridgehead atoms. The zero-order valence-corrected chi connectivity index (χ0v) is 14.7. The first-order valence-corrected chi connectivity index (χ1v) is 8.41. The summed E-state index contributed by atoms with van der Waals surface area (Å²) < 4.78 is 38.1. The number of anilines is 1. The summed E-state index contributed by atoms with van der Waals surface area (Å²) in [6.07, 6.45) is -4.39. The van der Waals surface area contributed by atoms with Crippen molar-refractivity contribution in [3.05, 3.63) is 29.8 Å². The van der Waals surface area contributed by atoms with Gasteiger partial charge in [0, 0.05) is 18.8 Å². The molecule has 1 rings (SSSR count). The normalized spacial score (nSPS) is 12.6. The van der Waals surface area contributed by atoms with E-state index in [9.17, 15) is 18.0 Å². The van der Waals surface area contributed by atoms with Gasteiger partial charge in [-0.1, -0.05) is 24.0 Å². The van der Waals surface area contributed by atoms with Gasteiger partial charge in [-0.25, -0.2) is 0 Å². The van der Waals surface area contributed by atoms with E-state index in [0.717, 1.165) is 25.2 Å². The van der Waals surface area contributed by atoms with Crippen LogP contribution in [0.3, 0.4) is 0 Å². The number of nitrogens with zero attached hydrogens (tertiary/aromatic N) is 1. The highest BCUT2D eigenvalue weighted by Crippen LogP contribution is 2.30. The van der Waals surface area contributed by atoms with Crippen molar-refractivity contribution >= 4 is 39.9 Å². The summed E-state index contributed by atoms with van der Waals surface area (Å²) in [5.74, 6) is -0.302. The molecule has 0 unspecified atom stereocenters. The molecule has 1 atom stereocenters. The van der Waals surface area contributed by atoms with Crippen LogP contribution in [0.25, 0.3) is 0 Å². The summed E-state index contributed by atoms with van der Waals surface area (Å²) in [6, 6.07) is 4.35. The van der Waals surface area contributed by atoms with Crippen LogP contribution in [0.15, 0.2) is 24.3 Å². The Kier molecular flexibility index (Phi) is 7.34. The number of hydrogen-bond acceptors (Lipinski definition) is 3. The van der Waals surface area contributed by atoms with E-state index in [1.54, 1.807) is 6.92 Å². The number of benzene rings is 1. The molecular weight excluding hydrogens is 345 g/mol. The monoisotopic (exact) mass is 364 g/mol. The number of carbonyl (C=O) groups excluding carboxylic acids is 1. The minimum atomic E-state index is -4.39. The maximum Gasteiger partial charge on any atom is 0.416 e. The zero-order chi connectivity index (χ0) is 17.6. The van der Waals surface area contributed by atoms with Crippen LogP contribution in [0.5, 0.6) is 0 Å². The van der Waals surface area contributed by atoms with E-state index in [0.29, 0.717) is 10.0 Å². The van der Waals surface area contributed by atoms with Crippen LogP contribution in [0, 0.1) is 0 Å². The average Bonchev–Trinajstić information content (AvgIpc) is 2.48. The second-order valence-electron chi connectivity index (χ2n) is 4.76. The molecule has 0 aliphatic carbocycles. The van der Waals surface area contributed by atoms with Crippen LogP contribution in [0.2, 0.25) is 0 Å². The van der Waals surface area contributed by atoms with Crippen molar-refractivity contribution in [3.8, 4) is 0 Å². The Hall–Kier alpha value is -1.28. The molecule has 0 aromatic heterocycles. The maximum absolute atomic E-state index is 12.5. The topological polar surface area (TPSA) is 32.3 Å². The Labute approximate surface area is 143 Å². The summed E-state index contributed by atoms with van der Waals surface area (Å²) in [6.45, 7) is 7.18. The molecule has 0 radical (unpaired) electrons. The lowest BCUT2D eigenvalue weighted by Crippen LogP contribution is -2.31. The molecule has 0 saturated heterocycles. The van der Waals surface area contributed by atoms with E-state index < -0.39 is 17.0 Å². The number of carbonyl (C=O) groups is 1. The van der Waals surface area contributed by atoms with Crippen molar-refractivity contribution in [1.82, 2.24) is 4.90 Å². The fourth-order valence-electron chi connectivity index (χ4n) is 1.75. The third-order valence-electron chi connectivity index (χ3n) is 3.15. The van der Waals surface area contributed by atoms with Gasteiger partial charge >= 0.3 is 6.18 Å². The number of nitrogens with one attached hydrogen (secondary N) is 1. The fourth-order valence-corrected chi connectivity index (χ4v) is 3.31. The average molecular weight is 364 g/mol. The molecule has 1 aromatic carbocycles. The SMILES string of the molecule is CCN(CC)C(=S)S[C@@H](C)C(=O)Nc1ccc(C(F)(F)F)cc1. The summed E-state index contributed by atoms with van der Waals surface area (Å²) in [4.78, 5) is 14.1. The van der Waals surface area contributed by atoms with Crippen molar-refractivity contribution in [3.63, 3.8) is 0 Å². The zero-order valence-electron chi connectivity index (χ0n) is 13.1. The van der Waals surface area contributed by atoms with E-state index in [1.807, 2.05) is 18.7 Å². The second kappa shape index (κ2) is 8.54. The summed E-state index contributed by atoms with van der Waals surface area (Å²) in [5.41, 5.74) is -0.426. The van der Waals surface area contributed by atoms with Gasteiger partial charge < -0.3 is 10.2 Å². The van der Waals surface area contributed by atoms with Gasteiger partial charge in [-0.05, 0) is 45.0 Å². The highest BCUT2D eigenvalue weighted by molar-refractivity contribution is 8.23. The highest BCUT2D eigenvalue weighted by Gasteiger charge is 2.30. The van der Waals surface area contributed by atoms with E-state index >= 15 is 0 Å². The molecule has 23 heavy (non-hydrogen) atoms. The number of amides is 1. The lowest BCUT2D eigenvalue weighted by molar-refractivity contribution is -0.137. The largest absolute Gasteiger partial charge is 0.416 e. The van der Waals surface area contributed by atoms with Crippen LogP contribution >= 0.6 is 24.0 Å². The Morgan fingerprint density at radius 2 is 1.78 bits per heavy atom. The van der Waals surface area contributed by atoms with Crippen molar-refractivity contribution in [2.75, 3.05) is 18.4 Å². The van der Waals surface area contributed by atoms with E-state index in [2.05, 4.69) is 5.32 Å². The molecule has 0 spiro atoms. The third kappa shape index (κ3) is 6.02. The molecule has 1 aromatic rings. The fraction of sp³-hybridized carbons (Fsp3) is 0.467. The van der Waals surface area contributed by atoms with Crippen molar-refractivity contribution in [2.24, 2.45) is 0 Å². The predicted molar refractivity (Wildman–Crippen MR) is 92.6 cm³/mol. The minimum absolute atomic E-state index is 0.302. The molecule has 0 aliphatic heterocycles. The number of rotatable bonds is 5. The Bertz CT molecular complexity index is 543. The number of hydrogen-bond donors (Lipinski definition) is 1. The van der Waals surface area contributed by atoms with Gasteiger partial charge in [0.05, 0.1) is 10.8 Å². The molecule has 1 amide bonds. The van der Waals surface area contributed by atoms with Gasteiger partial charge in [0.25, 0.3) is 0 Å². The smallest absolute Gasteiger partial charge is 0.358 e. The number of alkyl halides is 3. The first kappa shape index (κ1) is 19.8. The number of thioether (sulfide) groups is 1. The van der Waals surface area contributed by atoms with Gasteiger partial charge in [-0.3, -0.25) is 4.79 Å². The molecule has 128 valence electrons. The molecule has 0 aliphatic rings. The molecule has 1 N–H and O–H groups in total. The number of thiocarbonyl (C=S) groups is 1. The lowest BCUT2D eigenvalue weighted by Gasteiger charge is -2.22. The van der Waals surface area contributed by atoms with Crippen molar-refractivity contribution in [2.45, 2.75) is 32.2 Å². The van der Waals surface area contributed by atoms with Gasteiger partial charge in [-0.15, -0.1) is 0 Å². The lowest BCUT2D eigenvalue weighted by atomic mass is 10.2. The van der Waals surface area contributed by atoms with Gasteiger partial charge in [0.2, 0.25) is 5.91 Å². The van der Waals surface area contributed by atoms with Crippen LogP contribution < -0.4 is 5.32 Å². The summed E-state index contributed by atoms with van der Waals surface area (Å²) in [7, 11) is 0. The van der Waals surface area contributed by atoms with Crippen molar-refractivity contribution < 1.29 is 18.0 Å². The first-order chi connectivity index (χ1) is 10.7. The van der Waals surface area contributed by atoms with Crippen LogP contribution in [0.4, 0.5) is 18.9 Å². The quantitative estimate of drug-likeness (QED) is 0.786. The summed E-state index contributed by atoms with van der Waals surface area (Å²) in [5, 5.41) is 2.16. The standard InChI is InChI=1S/C15H19F3N2OS2/c1-4-20(5-2)14(22)23-10(3)13(21)19-12-8-6-11(7-9-12)15(16,17)18/h6-10H,4-5H2,1-3H3,(H,19,21)/t10-/m0/s1. The van der Waals surface area contributed by atoms with E-state index in [4.69, 9.17) is 12.2 Å². The first-order valence-electron chi connectivity index (χ1n) is 7.12. The van der Waals surface area contributed by atoms with Crippen LogP contribution in [0.1, 0.15) is 26.3 Å². The predicted octanol–water partition coefficient (Wildman–Crippen LogP) is 4.39. The van der Waals surface area contributed by atoms with Crippen LogP contribution in [-0.4, -0.2) is 33.5 Å². The van der Waals surface area contributed by atoms with Gasteiger partial charge in [0.1, 0.15) is 4.32 Å². The van der Waals surface area contributed by atoms with Crippen molar-refractivity contribution in [1.29, 1.82) is 0 Å². The molecule has 0 saturated carbocycles. The van der Waals surface area contributed by atoms with Gasteiger partial charge in [-0.2, -0.15) is 13.2 Å². The maximum atomic E-state index is 12.5. The van der Waals surface area contributed by atoms with Gasteiger partial charge in [0.15, 0.2) is 0 Å². The van der Waals surface area contributed by atoms with E-state index in [1.165, 1.54) is 23.9 Å². The summed E-state index contributed by atoms with van der Waals surface area (Å²) >= 11 is 6.53. The number of halogens is 3. The molecular formula is C15H19F3N2OS2. The van der Waals surface area contributed by atoms with Crippen LogP contribution in [-0.2, 0) is 11.0 Å². The van der Waals surface area contributed by atoms with E-state index in [-0.39, 0.29) is 5.91 Å². The Balaban J connectivity index is 2.63. The third-order valence-corrected chi connectivity index (χ3v) is 4.72. The molecule has 0 heterocycles. The molecule has 8 heteroatoms. The Morgan fingerprint density at radius 3 is 2.22 bits per heavy atom. The molecule has 0 fully saturated rings.